The van der Waals surface area contributed by atoms with E-state index in [0.717, 1.165) is 38.3 Å². The molecule has 1 fully saturated rings. The van der Waals surface area contributed by atoms with Crippen LogP contribution >= 0.6 is 0 Å². The van der Waals surface area contributed by atoms with E-state index in [2.05, 4.69) is 4.90 Å². The van der Waals surface area contributed by atoms with Crippen LogP contribution in [0.5, 0.6) is 0 Å². The summed E-state index contributed by atoms with van der Waals surface area (Å²) in [4.78, 5) is 4.37. The van der Waals surface area contributed by atoms with Crippen LogP contribution in [0, 0.1) is 17.1 Å². The molecule has 1 aliphatic rings. The molecule has 0 saturated carbocycles. The largest absolute Gasteiger partial charge is 0.392 e. The first-order valence-corrected chi connectivity index (χ1v) is 8.05. The Balaban J connectivity index is 1.58. The van der Waals surface area contributed by atoms with Crippen molar-refractivity contribution in [1.82, 2.24) is 4.90 Å². The first kappa shape index (κ1) is 16.4. The number of benzene rings is 2. The summed E-state index contributed by atoms with van der Waals surface area (Å²) in [5.74, 6) is -0.331. The zero-order chi connectivity index (χ0) is 16.9. The second-order valence-corrected chi connectivity index (χ2v) is 6.02. The van der Waals surface area contributed by atoms with Crippen LogP contribution in [0.2, 0.25) is 0 Å². The summed E-state index contributed by atoms with van der Waals surface area (Å²) in [6.45, 7) is 4.17. The van der Waals surface area contributed by atoms with Gasteiger partial charge < -0.3 is 10.0 Å². The average Bonchev–Trinajstić information content (AvgIpc) is 2.63. The summed E-state index contributed by atoms with van der Waals surface area (Å²) >= 11 is 0. The number of nitrogens with zero attached hydrogens (tertiary/aromatic N) is 3. The summed E-state index contributed by atoms with van der Waals surface area (Å²) in [5, 5.41) is 17.9. The van der Waals surface area contributed by atoms with Gasteiger partial charge >= 0.3 is 0 Å². The molecule has 0 atom stereocenters. The molecular formula is C19H20FN3O. The minimum atomic E-state index is -0.331. The second kappa shape index (κ2) is 7.43. The van der Waals surface area contributed by atoms with Crippen LogP contribution < -0.4 is 4.90 Å². The lowest BCUT2D eigenvalue weighted by Crippen LogP contribution is -2.46. The standard InChI is InChI=1S/C19H20FN3O/c20-18-11-17(12-21)5-6-19(18)23-9-7-22(8-10-23)13-15-1-3-16(14-24)4-2-15/h1-6,11,24H,7-10,13-14H2. The molecule has 1 saturated heterocycles. The molecule has 2 aromatic carbocycles. The number of piperazine rings is 1. The van der Waals surface area contributed by atoms with Gasteiger partial charge in [0.05, 0.1) is 23.9 Å². The molecule has 3 rings (SSSR count). The highest BCUT2D eigenvalue weighted by molar-refractivity contribution is 5.51. The molecule has 1 aliphatic heterocycles. The highest BCUT2D eigenvalue weighted by Gasteiger charge is 2.19. The minimum Gasteiger partial charge on any atom is -0.392 e. The smallest absolute Gasteiger partial charge is 0.147 e. The lowest BCUT2D eigenvalue weighted by molar-refractivity contribution is 0.249. The van der Waals surface area contributed by atoms with Crippen LogP contribution in [0.3, 0.4) is 0 Å². The van der Waals surface area contributed by atoms with Crippen molar-refractivity contribution >= 4 is 5.69 Å². The van der Waals surface area contributed by atoms with Gasteiger partial charge in [-0.3, -0.25) is 4.90 Å². The van der Waals surface area contributed by atoms with Crippen molar-refractivity contribution in [3.05, 3.63) is 65.0 Å². The molecule has 0 unspecified atom stereocenters. The number of halogens is 1. The third-order valence-electron chi connectivity index (χ3n) is 4.40. The molecule has 24 heavy (non-hydrogen) atoms. The van der Waals surface area contributed by atoms with Crippen molar-refractivity contribution in [2.75, 3.05) is 31.1 Å². The Morgan fingerprint density at radius 3 is 2.25 bits per heavy atom. The Kier molecular flexibility index (Phi) is 5.09. The van der Waals surface area contributed by atoms with Crippen molar-refractivity contribution in [2.24, 2.45) is 0 Å². The SMILES string of the molecule is N#Cc1ccc(N2CCN(Cc3ccc(CO)cc3)CC2)c(F)c1. The fourth-order valence-electron chi connectivity index (χ4n) is 2.99. The lowest BCUT2D eigenvalue weighted by atomic mass is 10.1. The molecule has 0 bridgehead atoms. The number of hydrogen-bond donors (Lipinski definition) is 1. The summed E-state index contributed by atoms with van der Waals surface area (Å²) in [6.07, 6.45) is 0. The Hall–Kier alpha value is -2.42. The fourth-order valence-corrected chi connectivity index (χ4v) is 2.99. The molecule has 0 aromatic heterocycles. The van der Waals surface area contributed by atoms with Gasteiger partial charge in [0.2, 0.25) is 0 Å². The van der Waals surface area contributed by atoms with Crippen LogP contribution in [-0.4, -0.2) is 36.2 Å². The average molecular weight is 325 g/mol. The quantitative estimate of drug-likeness (QED) is 0.938. The van der Waals surface area contributed by atoms with Gasteiger partial charge in [-0.05, 0) is 29.3 Å². The Bertz CT molecular complexity index is 731. The zero-order valence-corrected chi connectivity index (χ0v) is 13.5. The lowest BCUT2D eigenvalue weighted by Gasteiger charge is -2.36. The predicted molar refractivity (Wildman–Crippen MR) is 91.0 cm³/mol. The highest BCUT2D eigenvalue weighted by atomic mass is 19.1. The van der Waals surface area contributed by atoms with E-state index in [4.69, 9.17) is 10.4 Å². The van der Waals surface area contributed by atoms with Crippen LogP contribution in [-0.2, 0) is 13.2 Å². The van der Waals surface area contributed by atoms with E-state index < -0.39 is 0 Å². The predicted octanol–water partition coefficient (Wildman–Crippen LogP) is 2.51. The molecule has 124 valence electrons. The van der Waals surface area contributed by atoms with Gasteiger partial charge in [-0.25, -0.2) is 4.39 Å². The van der Waals surface area contributed by atoms with Gasteiger partial charge in [-0.1, -0.05) is 24.3 Å². The molecule has 4 nitrogen and oxygen atoms in total. The van der Waals surface area contributed by atoms with Gasteiger partial charge in [0, 0.05) is 32.7 Å². The molecule has 5 heteroatoms. The molecular weight excluding hydrogens is 305 g/mol. The third kappa shape index (κ3) is 3.73. The number of hydrogen-bond acceptors (Lipinski definition) is 4. The van der Waals surface area contributed by atoms with Crippen molar-refractivity contribution in [3.63, 3.8) is 0 Å². The molecule has 0 radical (unpaired) electrons. The molecule has 0 aliphatic carbocycles. The van der Waals surface area contributed by atoms with Gasteiger partial charge in [0.25, 0.3) is 0 Å². The third-order valence-corrected chi connectivity index (χ3v) is 4.40. The molecule has 2 aromatic rings. The summed E-state index contributed by atoms with van der Waals surface area (Å²) in [5.41, 5.74) is 3.05. The van der Waals surface area contributed by atoms with E-state index in [1.807, 2.05) is 35.2 Å². The monoisotopic (exact) mass is 325 g/mol. The van der Waals surface area contributed by atoms with Crippen molar-refractivity contribution in [2.45, 2.75) is 13.2 Å². The van der Waals surface area contributed by atoms with E-state index in [9.17, 15) is 4.39 Å². The minimum absolute atomic E-state index is 0.0646. The first-order chi connectivity index (χ1) is 11.7. The maximum Gasteiger partial charge on any atom is 0.147 e. The number of anilines is 1. The maximum absolute atomic E-state index is 14.1. The molecule has 0 amide bonds. The first-order valence-electron chi connectivity index (χ1n) is 8.05. The fraction of sp³-hybridized carbons (Fsp3) is 0.316. The van der Waals surface area contributed by atoms with Crippen LogP contribution in [0.1, 0.15) is 16.7 Å². The maximum atomic E-state index is 14.1. The van der Waals surface area contributed by atoms with E-state index in [1.54, 1.807) is 12.1 Å². The van der Waals surface area contributed by atoms with Crippen molar-refractivity contribution in [1.29, 1.82) is 5.26 Å². The normalized spacial score (nSPS) is 15.3. The summed E-state index contributed by atoms with van der Waals surface area (Å²) in [6, 6.07) is 14.6. The van der Waals surface area contributed by atoms with Crippen molar-refractivity contribution in [3.8, 4) is 6.07 Å². The molecule has 0 spiro atoms. The summed E-state index contributed by atoms with van der Waals surface area (Å²) < 4.78 is 14.1. The van der Waals surface area contributed by atoms with Gasteiger partial charge in [-0.2, -0.15) is 5.26 Å². The van der Waals surface area contributed by atoms with Crippen LogP contribution in [0.15, 0.2) is 42.5 Å². The number of rotatable bonds is 4. The number of aliphatic hydroxyl groups excluding tert-OH is 1. The topological polar surface area (TPSA) is 50.5 Å². The molecule has 1 N–H and O–H groups in total. The molecule has 1 heterocycles. The van der Waals surface area contributed by atoms with E-state index in [-0.39, 0.29) is 12.4 Å². The van der Waals surface area contributed by atoms with Gasteiger partial charge in [-0.15, -0.1) is 0 Å². The van der Waals surface area contributed by atoms with Crippen LogP contribution in [0.4, 0.5) is 10.1 Å². The summed E-state index contributed by atoms with van der Waals surface area (Å²) in [7, 11) is 0. The number of aliphatic hydroxyl groups is 1. The van der Waals surface area contributed by atoms with E-state index in [1.165, 1.54) is 11.6 Å². The second-order valence-electron chi connectivity index (χ2n) is 6.02. The van der Waals surface area contributed by atoms with Crippen molar-refractivity contribution < 1.29 is 9.50 Å². The highest BCUT2D eigenvalue weighted by Crippen LogP contribution is 2.22. The van der Waals surface area contributed by atoms with Gasteiger partial charge in [0.15, 0.2) is 0 Å². The Morgan fingerprint density at radius 1 is 1.00 bits per heavy atom. The van der Waals surface area contributed by atoms with Gasteiger partial charge in [0.1, 0.15) is 5.82 Å². The Morgan fingerprint density at radius 2 is 1.67 bits per heavy atom. The number of nitriles is 1. The van der Waals surface area contributed by atoms with E-state index in [0.29, 0.717) is 11.3 Å². The van der Waals surface area contributed by atoms with E-state index >= 15 is 0 Å². The Labute approximate surface area is 141 Å². The zero-order valence-electron chi connectivity index (χ0n) is 13.5. The van der Waals surface area contributed by atoms with Crippen LogP contribution in [0.25, 0.3) is 0 Å².